The molecular weight excluding hydrogens is 308 g/mol. The van der Waals surface area contributed by atoms with Gasteiger partial charge in [-0.3, -0.25) is 4.79 Å². The fraction of sp³-hybridized carbons (Fsp3) is 0.533. The van der Waals surface area contributed by atoms with Gasteiger partial charge < -0.3 is 24.8 Å². The highest BCUT2D eigenvalue weighted by atomic mass is 35.5. The summed E-state index contributed by atoms with van der Waals surface area (Å²) in [5.41, 5.74) is 0.582. The number of hydrogen-bond donors (Lipinski definition) is 2. The van der Waals surface area contributed by atoms with Crippen molar-refractivity contribution in [2.24, 2.45) is 0 Å². The van der Waals surface area contributed by atoms with Crippen LogP contribution in [0.2, 0.25) is 0 Å². The maximum absolute atomic E-state index is 12.1. The van der Waals surface area contributed by atoms with Crippen molar-refractivity contribution in [3.63, 3.8) is 0 Å². The minimum absolute atomic E-state index is 0. The lowest BCUT2D eigenvalue weighted by Gasteiger charge is -2.17. The van der Waals surface area contributed by atoms with Crippen molar-refractivity contribution in [1.82, 2.24) is 5.32 Å². The van der Waals surface area contributed by atoms with Gasteiger partial charge in [0.25, 0.3) is 0 Å². The molecule has 1 aromatic rings. The van der Waals surface area contributed by atoms with E-state index in [0.29, 0.717) is 29.4 Å². The van der Waals surface area contributed by atoms with Gasteiger partial charge in [0.2, 0.25) is 11.7 Å². The highest BCUT2D eigenvalue weighted by molar-refractivity contribution is 5.93. The molecule has 0 bridgehead atoms. The SMILES string of the molecule is COc1ccc(NC(=O)CC2CCCN2)c(OC)c1OC.Cl. The number of hydrogen-bond acceptors (Lipinski definition) is 5. The Morgan fingerprint density at radius 1 is 1.23 bits per heavy atom. The second kappa shape index (κ2) is 8.70. The molecule has 1 aliphatic heterocycles. The summed E-state index contributed by atoms with van der Waals surface area (Å²) in [5, 5.41) is 6.18. The molecule has 6 nitrogen and oxygen atoms in total. The summed E-state index contributed by atoms with van der Waals surface area (Å²) < 4.78 is 15.9. The molecule has 0 radical (unpaired) electrons. The average Bonchev–Trinajstić information content (AvgIpc) is 2.99. The molecule has 1 heterocycles. The van der Waals surface area contributed by atoms with E-state index in [0.717, 1.165) is 19.4 Å². The predicted octanol–water partition coefficient (Wildman–Crippen LogP) is 2.21. The Bertz CT molecular complexity index is 505. The summed E-state index contributed by atoms with van der Waals surface area (Å²) in [6.45, 7) is 0.984. The van der Waals surface area contributed by atoms with E-state index in [4.69, 9.17) is 14.2 Å². The van der Waals surface area contributed by atoms with Crippen molar-refractivity contribution in [1.29, 1.82) is 0 Å². The van der Waals surface area contributed by atoms with Crippen molar-refractivity contribution < 1.29 is 19.0 Å². The van der Waals surface area contributed by atoms with E-state index >= 15 is 0 Å². The fourth-order valence-electron chi connectivity index (χ4n) is 2.56. The fourth-order valence-corrected chi connectivity index (χ4v) is 2.56. The minimum Gasteiger partial charge on any atom is -0.493 e. The van der Waals surface area contributed by atoms with Crippen LogP contribution in [0.15, 0.2) is 12.1 Å². The largest absolute Gasteiger partial charge is 0.493 e. The Morgan fingerprint density at radius 2 is 1.95 bits per heavy atom. The number of ether oxygens (including phenoxy) is 3. The van der Waals surface area contributed by atoms with Crippen LogP contribution < -0.4 is 24.8 Å². The lowest BCUT2D eigenvalue weighted by Crippen LogP contribution is -2.27. The highest BCUT2D eigenvalue weighted by Crippen LogP contribution is 2.42. The molecule has 0 aliphatic carbocycles. The molecule has 1 fully saturated rings. The van der Waals surface area contributed by atoms with Crippen LogP contribution in [0.3, 0.4) is 0 Å². The zero-order chi connectivity index (χ0) is 15.2. The number of nitrogens with one attached hydrogen (secondary N) is 2. The molecular formula is C15H23ClN2O4. The normalized spacial score (nSPS) is 16.6. The van der Waals surface area contributed by atoms with Gasteiger partial charge in [-0.25, -0.2) is 0 Å². The van der Waals surface area contributed by atoms with Crippen LogP contribution in [0, 0.1) is 0 Å². The van der Waals surface area contributed by atoms with Gasteiger partial charge in [-0.05, 0) is 31.5 Å². The average molecular weight is 331 g/mol. The number of anilines is 1. The van der Waals surface area contributed by atoms with Crippen molar-refractivity contribution in [2.75, 3.05) is 33.2 Å². The third kappa shape index (κ3) is 4.18. The second-order valence-corrected chi connectivity index (χ2v) is 4.93. The van der Waals surface area contributed by atoms with Gasteiger partial charge >= 0.3 is 0 Å². The summed E-state index contributed by atoms with van der Waals surface area (Å²) in [5.74, 6) is 1.45. The Kier molecular flexibility index (Phi) is 7.27. The molecule has 2 N–H and O–H groups in total. The van der Waals surface area contributed by atoms with Crippen LogP contribution in [0.4, 0.5) is 5.69 Å². The predicted molar refractivity (Wildman–Crippen MR) is 87.6 cm³/mol. The van der Waals surface area contributed by atoms with Crippen LogP contribution in [-0.4, -0.2) is 39.8 Å². The van der Waals surface area contributed by atoms with Gasteiger partial charge in [0.05, 0.1) is 27.0 Å². The summed E-state index contributed by atoms with van der Waals surface area (Å²) in [7, 11) is 4.63. The van der Waals surface area contributed by atoms with Gasteiger partial charge in [-0.15, -0.1) is 12.4 Å². The van der Waals surface area contributed by atoms with Crippen LogP contribution in [0.25, 0.3) is 0 Å². The molecule has 1 amide bonds. The topological polar surface area (TPSA) is 68.8 Å². The van der Waals surface area contributed by atoms with Crippen LogP contribution in [0.1, 0.15) is 19.3 Å². The first kappa shape index (κ1) is 18.4. The van der Waals surface area contributed by atoms with Gasteiger partial charge in [0.1, 0.15) is 0 Å². The van der Waals surface area contributed by atoms with E-state index < -0.39 is 0 Å². The zero-order valence-corrected chi connectivity index (χ0v) is 13.9. The van der Waals surface area contributed by atoms with Gasteiger partial charge in [-0.1, -0.05) is 0 Å². The Labute approximate surface area is 136 Å². The molecule has 124 valence electrons. The molecule has 1 aliphatic rings. The number of methoxy groups -OCH3 is 3. The van der Waals surface area contributed by atoms with Gasteiger partial charge in [0, 0.05) is 12.5 Å². The van der Waals surface area contributed by atoms with E-state index in [9.17, 15) is 4.79 Å². The second-order valence-electron chi connectivity index (χ2n) is 4.93. The van der Waals surface area contributed by atoms with E-state index in [-0.39, 0.29) is 24.4 Å². The Balaban J connectivity index is 0.00000242. The van der Waals surface area contributed by atoms with Crippen molar-refractivity contribution in [3.05, 3.63) is 12.1 Å². The van der Waals surface area contributed by atoms with E-state index in [2.05, 4.69) is 10.6 Å². The highest BCUT2D eigenvalue weighted by Gasteiger charge is 2.20. The first-order chi connectivity index (χ1) is 10.2. The maximum atomic E-state index is 12.1. The summed E-state index contributed by atoms with van der Waals surface area (Å²) in [6.07, 6.45) is 2.62. The van der Waals surface area contributed by atoms with Crippen LogP contribution in [0.5, 0.6) is 17.2 Å². The molecule has 0 spiro atoms. The molecule has 0 aromatic heterocycles. The molecule has 1 unspecified atom stereocenters. The molecule has 1 atom stereocenters. The van der Waals surface area contributed by atoms with Crippen LogP contribution >= 0.6 is 12.4 Å². The lowest BCUT2D eigenvalue weighted by molar-refractivity contribution is -0.116. The quantitative estimate of drug-likeness (QED) is 0.837. The number of carbonyl (C=O) groups excluding carboxylic acids is 1. The molecule has 1 aromatic carbocycles. The molecule has 22 heavy (non-hydrogen) atoms. The first-order valence-corrected chi connectivity index (χ1v) is 7.01. The molecule has 7 heteroatoms. The van der Waals surface area contributed by atoms with Crippen LogP contribution in [-0.2, 0) is 4.79 Å². The summed E-state index contributed by atoms with van der Waals surface area (Å²) in [4.78, 5) is 12.1. The van der Waals surface area contributed by atoms with Gasteiger partial charge in [-0.2, -0.15) is 0 Å². The summed E-state index contributed by atoms with van der Waals surface area (Å²) in [6, 6.07) is 3.75. The number of benzene rings is 1. The first-order valence-electron chi connectivity index (χ1n) is 7.01. The molecule has 2 rings (SSSR count). The smallest absolute Gasteiger partial charge is 0.226 e. The van der Waals surface area contributed by atoms with E-state index in [1.807, 2.05) is 0 Å². The van der Waals surface area contributed by atoms with Crippen molar-refractivity contribution >= 4 is 24.0 Å². The van der Waals surface area contributed by atoms with Crippen molar-refractivity contribution in [2.45, 2.75) is 25.3 Å². The third-order valence-corrected chi connectivity index (χ3v) is 3.57. The molecule has 1 saturated heterocycles. The van der Waals surface area contributed by atoms with E-state index in [1.54, 1.807) is 19.2 Å². The van der Waals surface area contributed by atoms with Crippen molar-refractivity contribution in [3.8, 4) is 17.2 Å². The Hall–Kier alpha value is -1.66. The standard InChI is InChI=1S/C15H22N2O4.ClH/c1-19-12-7-6-11(14(20-2)15(12)21-3)17-13(18)9-10-5-4-8-16-10;/h6-7,10,16H,4-5,8-9H2,1-3H3,(H,17,18);1H. The third-order valence-electron chi connectivity index (χ3n) is 3.57. The number of carbonyl (C=O) groups is 1. The maximum Gasteiger partial charge on any atom is 0.226 e. The molecule has 0 saturated carbocycles. The zero-order valence-electron chi connectivity index (χ0n) is 13.1. The lowest BCUT2D eigenvalue weighted by atomic mass is 10.1. The van der Waals surface area contributed by atoms with E-state index in [1.165, 1.54) is 14.2 Å². The number of halogens is 1. The van der Waals surface area contributed by atoms with Gasteiger partial charge in [0.15, 0.2) is 11.5 Å². The number of amides is 1. The summed E-state index contributed by atoms with van der Waals surface area (Å²) >= 11 is 0. The number of rotatable bonds is 6. The Morgan fingerprint density at radius 3 is 2.50 bits per heavy atom. The monoisotopic (exact) mass is 330 g/mol. The minimum atomic E-state index is -0.0417.